The molecule has 3 N–H and O–H groups in total. The maximum absolute atomic E-state index is 11.3. The third-order valence-corrected chi connectivity index (χ3v) is 4.05. The van der Waals surface area contributed by atoms with Crippen LogP contribution in [0.4, 0.5) is 5.69 Å². The SMILES string of the molecule is C[C@H](CNc1cccc(S(N)(=O)=O)c1)c1ccccc1. The van der Waals surface area contributed by atoms with Crippen LogP contribution < -0.4 is 10.5 Å². The Balaban J connectivity index is 2.05. The number of rotatable bonds is 5. The van der Waals surface area contributed by atoms with E-state index in [0.717, 1.165) is 12.2 Å². The number of hydrogen-bond donors (Lipinski definition) is 2. The molecule has 106 valence electrons. The van der Waals surface area contributed by atoms with Crippen molar-refractivity contribution in [2.45, 2.75) is 17.7 Å². The minimum Gasteiger partial charge on any atom is -0.384 e. The highest BCUT2D eigenvalue weighted by Crippen LogP contribution is 2.18. The number of nitrogens with two attached hydrogens (primary N) is 1. The maximum Gasteiger partial charge on any atom is 0.238 e. The van der Waals surface area contributed by atoms with E-state index in [2.05, 4.69) is 24.4 Å². The largest absolute Gasteiger partial charge is 0.384 e. The summed E-state index contributed by atoms with van der Waals surface area (Å²) >= 11 is 0. The Morgan fingerprint density at radius 3 is 2.45 bits per heavy atom. The van der Waals surface area contributed by atoms with Crippen LogP contribution in [0.25, 0.3) is 0 Å². The molecule has 2 aromatic carbocycles. The molecule has 20 heavy (non-hydrogen) atoms. The second-order valence-electron chi connectivity index (χ2n) is 4.77. The van der Waals surface area contributed by atoms with Crippen molar-refractivity contribution in [2.24, 2.45) is 5.14 Å². The zero-order valence-electron chi connectivity index (χ0n) is 11.3. The predicted octanol–water partition coefficient (Wildman–Crippen LogP) is 2.55. The fourth-order valence-corrected chi connectivity index (χ4v) is 2.51. The van der Waals surface area contributed by atoms with Gasteiger partial charge in [-0.3, -0.25) is 0 Å². The molecule has 0 saturated heterocycles. The Morgan fingerprint density at radius 1 is 1.10 bits per heavy atom. The van der Waals surface area contributed by atoms with Crippen molar-refractivity contribution in [1.82, 2.24) is 0 Å². The molecule has 0 saturated carbocycles. The van der Waals surface area contributed by atoms with Crippen LogP contribution in [0.5, 0.6) is 0 Å². The predicted molar refractivity (Wildman–Crippen MR) is 81.2 cm³/mol. The number of hydrogen-bond acceptors (Lipinski definition) is 3. The molecule has 0 amide bonds. The molecule has 0 unspecified atom stereocenters. The summed E-state index contributed by atoms with van der Waals surface area (Å²) in [6.45, 7) is 2.84. The van der Waals surface area contributed by atoms with Crippen molar-refractivity contribution in [3.63, 3.8) is 0 Å². The number of primary sulfonamides is 1. The van der Waals surface area contributed by atoms with Gasteiger partial charge < -0.3 is 5.32 Å². The molecular weight excluding hydrogens is 272 g/mol. The van der Waals surface area contributed by atoms with Crippen LogP contribution in [0.15, 0.2) is 59.5 Å². The Morgan fingerprint density at radius 2 is 1.80 bits per heavy atom. The zero-order chi connectivity index (χ0) is 14.6. The van der Waals surface area contributed by atoms with E-state index in [1.54, 1.807) is 12.1 Å². The van der Waals surface area contributed by atoms with Crippen molar-refractivity contribution in [2.75, 3.05) is 11.9 Å². The van der Waals surface area contributed by atoms with Crippen LogP contribution in [0.3, 0.4) is 0 Å². The second kappa shape index (κ2) is 6.07. The molecule has 0 bridgehead atoms. The van der Waals surface area contributed by atoms with Gasteiger partial charge in [0.1, 0.15) is 0 Å². The van der Waals surface area contributed by atoms with Crippen LogP contribution in [0.1, 0.15) is 18.4 Å². The van der Waals surface area contributed by atoms with E-state index in [1.807, 2.05) is 24.3 Å². The number of sulfonamides is 1. The summed E-state index contributed by atoms with van der Waals surface area (Å²) in [7, 11) is -3.66. The average Bonchev–Trinajstić information content (AvgIpc) is 2.45. The lowest BCUT2D eigenvalue weighted by Gasteiger charge is -2.14. The van der Waals surface area contributed by atoms with Gasteiger partial charge in [-0.15, -0.1) is 0 Å². The van der Waals surface area contributed by atoms with Gasteiger partial charge >= 0.3 is 0 Å². The highest BCUT2D eigenvalue weighted by molar-refractivity contribution is 7.89. The van der Waals surface area contributed by atoms with E-state index in [0.29, 0.717) is 5.92 Å². The summed E-state index contributed by atoms with van der Waals surface area (Å²) in [5, 5.41) is 8.35. The van der Waals surface area contributed by atoms with E-state index in [4.69, 9.17) is 5.14 Å². The van der Waals surface area contributed by atoms with Crippen LogP contribution >= 0.6 is 0 Å². The maximum atomic E-state index is 11.3. The van der Waals surface area contributed by atoms with Gasteiger partial charge in [-0.1, -0.05) is 43.3 Å². The van der Waals surface area contributed by atoms with E-state index in [-0.39, 0.29) is 4.90 Å². The topological polar surface area (TPSA) is 72.2 Å². The number of nitrogens with one attached hydrogen (secondary N) is 1. The zero-order valence-corrected chi connectivity index (χ0v) is 12.1. The smallest absolute Gasteiger partial charge is 0.238 e. The van der Waals surface area contributed by atoms with Gasteiger partial charge in [0.05, 0.1) is 4.90 Å². The van der Waals surface area contributed by atoms with E-state index >= 15 is 0 Å². The first-order valence-corrected chi connectivity index (χ1v) is 7.93. The Bertz CT molecular complexity index is 669. The molecule has 0 aliphatic rings. The molecule has 0 aromatic heterocycles. The lowest BCUT2D eigenvalue weighted by atomic mass is 10.0. The highest BCUT2D eigenvalue weighted by Gasteiger charge is 2.09. The quantitative estimate of drug-likeness (QED) is 0.889. The van der Waals surface area contributed by atoms with Gasteiger partial charge in [-0.25, -0.2) is 13.6 Å². The van der Waals surface area contributed by atoms with Gasteiger partial charge in [-0.2, -0.15) is 0 Å². The van der Waals surface area contributed by atoms with E-state index < -0.39 is 10.0 Å². The molecule has 2 aromatic rings. The molecule has 0 heterocycles. The van der Waals surface area contributed by atoms with Gasteiger partial charge in [-0.05, 0) is 29.7 Å². The highest BCUT2D eigenvalue weighted by atomic mass is 32.2. The molecule has 1 atom stereocenters. The first-order chi connectivity index (χ1) is 9.47. The molecular formula is C15H18N2O2S. The summed E-state index contributed by atoms with van der Waals surface area (Å²) in [6.07, 6.45) is 0. The first-order valence-electron chi connectivity index (χ1n) is 6.38. The minimum absolute atomic E-state index is 0.120. The summed E-state index contributed by atoms with van der Waals surface area (Å²) in [4.78, 5) is 0.120. The number of anilines is 1. The molecule has 0 spiro atoms. The Hall–Kier alpha value is -1.85. The van der Waals surface area contributed by atoms with Crippen molar-refractivity contribution in [1.29, 1.82) is 0 Å². The molecule has 4 nitrogen and oxygen atoms in total. The van der Waals surface area contributed by atoms with Gasteiger partial charge in [0.25, 0.3) is 0 Å². The fraction of sp³-hybridized carbons (Fsp3) is 0.200. The van der Waals surface area contributed by atoms with Crippen molar-refractivity contribution < 1.29 is 8.42 Å². The molecule has 0 radical (unpaired) electrons. The summed E-state index contributed by atoms with van der Waals surface area (Å²) in [6, 6.07) is 16.7. The molecule has 5 heteroatoms. The normalized spacial score (nSPS) is 12.9. The van der Waals surface area contributed by atoms with Crippen molar-refractivity contribution in [3.05, 3.63) is 60.2 Å². The van der Waals surface area contributed by atoms with Gasteiger partial charge in [0.15, 0.2) is 0 Å². The average molecular weight is 290 g/mol. The lowest BCUT2D eigenvalue weighted by molar-refractivity contribution is 0.598. The fourth-order valence-electron chi connectivity index (χ4n) is 1.95. The van der Waals surface area contributed by atoms with Crippen LogP contribution in [-0.2, 0) is 10.0 Å². The summed E-state index contributed by atoms with van der Waals surface area (Å²) in [5.41, 5.74) is 1.99. The Kier molecular flexibility index (Phi) is 4.42. The molecule has 0 aliphatic carbocycles. The third-order valence-electron chi connectivity index (χ3n) is 3.14. The van der Waals surface area contributed by atoms with Crippen molar-refractivity contribution >= 4 is 15.7 Å². The monoisotopic (exact) mass is 290 g/mol. The molecule has 2 rings (SSSR count). The summed E-state index contributed by atoms with van der Waals surface area (Å²) in [5.74, 6) is 0.328. The standard InChI is InChI=1S/C15H18N2O2S/c1-12(13-6-3-2-4-7-13)11-17-14-8-5-9-15(10-14)20(16,18)19/h2-10,12,17H,11H2,1H3,(H2,16,18,19)/t12-/m1/s1. The Labute approximate surface area is 119 Å². The van der Waals surface area contributed by atoms with Crippen LogP contribution in [-0.4, -0.2) is 15.0 Å². The van der Waals surface area contributed by atoms with E-state index in [1.165, 1.54) is 11.6 Å². The summed E-state index contributed by atoms with van der Waals surface area (Å²) < 4.78 is 22.6. The molecule has 0 fully saturated rings. The third kappa shape index (κ3) is 3.82. The van der Waals surface area contributed by atoms with E-state index in [9.17, 15) is 8.42 Å². The van der Waals surface area contributed by atoms with Crippen molar-refractivity contribution in [3.8, 4) is 0 Å². The van der Waals surface area contributed by atoms with Gasteiger partial charge in [0, 0.05) is 12.2 Å². The van der Waals surface area contributed by atoms with Crippen LogP contribution in [0.2, 0.25) is 0 Å². The minimum atomic E-state index is -3.66. The lowest BCUT2D eigenvalue weighted by Crippen LogP contribution is -2.13. The first kappa shape index (κ1) is 14.6. The van der Waals surface area contributed by atoms with Crippen LogP contribution in [0, 0.1) is 0 Å². The number of benzene rings is 2. The second-order valence-corrected chi connectivity index (χ2v) is 6.33. The molecule has 0 aliphatic heterocycles. The van der Waals surface area contributed by atoms with Gasteiger partial charge in [0.2, 0.25) is 10.0 Å².